The lowest BCUT2D eigenvalue weighted by molar-refractivity contribution is -0.143. The molecule has 1 aromatic rings. The second kappa shape index (κ2) is 6.55. The number of nitrogens with one attached hydrogen (secondary N) is 1. The number of aliphatic carboxylic acids is 1. The lowest BCUT2D eigenvalue weighted by Gasteiger charge is -2.33. The molecule has 2 rings (SSSR count). The number of benzene rings is 1. The highest BCUT2D eigenvalue weighted by molar-refractivity contribution is 5.98. The van der Waals surface area contributed by atoms with E-state index in [0.717, 1.165) is 12.5 Å². The van der Waals surface area contributed by atoms with E-state index in [1.807, 2.05) is 0 Å². The fourth-order valence-corrected chi connectivity index (χ4v) is 2.56. The molecule has 1 aliphatic rings. The molecule has 1 heterocycles. The fraction of sp³-hybridized carbons (Fsp3) is 0.400. The predicted octanol–water partition coefficient (Wildman–Crippen LogP) is 1.86. The van der Waals surface area contributed by atoms with Gasteiger partial charge in [-0.2, -0.15) is 0 Å². The van der Waals surface area contributed by atoms with Crippen molar-refractivity contribution in [3.63, 3.8) is 0 Å². The van der Waals surface area contributed by atoms with Crippen LogP contribution in [0.25, 0.3) is 0 Å². The molecular formula is C15H17FN2O4. The number of halogens is 1. The topological polar surface area (TPSA) is 86.7 Å². The number of nitrogens with zero attached hydrogens (tertiary/aromatic N) is 1. The minimum Gasteiger partial charge on any atom is -0.480 e. The van der Waals surface area contributed by atoms with Gasteiger partial charge in [-0.3, -0.25) is 9.59 Å². The molecule has 1 atom stereocenters. The van der Waals surface area contributed by atoms with Crippen molar-refractivity contribution in [3.8, 4) is 0 Å². The van der Waals surface area contributed by atoms with Crippen molar-refractivity contribution in [2.45, 2.75) is 32.2 Å². The van der Waals surface area contributed by atoms with Crippen molar-refractivity contribution in [2.75, 3.05) is 11.9 Å². The Morgan fingerprint density at radius 3 is 2.68 bits per heavy atom. The second-order valence-corrected chi connectivity index (χ2v) is 5.22. The van der Waals surface area contributed by atoms with E-state index >= 15 is 0 Å². The van der Waals surface area contributed by atoms with Crippen molar-refractivity contribution in [2.24, 2.45) is 0 Å². The van der Waals surface area contributed by atoms with Gasteiger partial charge >= 0.3 is 5.97 Å². The average molecular weight is 308 g/mol. The maximum atomic E-state index is 13.9. The number of carboxylic acids is 1. The van der Waals surface area contributed by atoms with E-state index in [-0.39, 0.29) is 18.0 Å². The van der Waals surface area contributed by atoms with Crippen molar-refractivity contribution in [1.29, 1.82) is 0 Å². The Bertz CT molecular complexity index is 618. The predicted molar refractivity (Wildman–Crippen MR) is 77.0 cm³/mol. The van der Waals surface area contributed by atoms with Gasteiger partial charge in [0, 0.05) is 19.2 Å². The van der Waals surface area contributed by atoms with Crippen LogP contribution in [0.15, 0.2) is 18.2 Å². The van der Waals surface area contributed by atoms with E-state index < -0.39 is 23.7 Å². The molecule has 2 N–H and O–H groups in total. The summed E-state index contributed by atoms with van der Waals surface area (Å²) in [6.45, 7) is 1.58. The van der Waals surface area contributed by atoms with Gasteiger partial charge in [-0.1, -0.05) is 0 Å². The number of carbonyl (C=O) groups excluding carboxylic acids is 2. The van der Waals surface area contributed by atoms with Gasteiger partial charge in [0.25, 0.3) is 5.91 Å². The Morgan fingerprint density at radius 1 is 1.32 bits per heavy atom. The van der Waals surface area contributed by atoms with Crippen LogP contribution < -0.4 is 5.32 Å². The molecule has 1 fully saturated rings. The van der Waals surface area contributed by atoms with Crippen LogP contribution in [0.2, 0.25) is 0 Å². The number of rotatable bonds is 3. The van der Waals surface area contributed by atoms with Crippen LogP contribution >= 0.6 is 0 Å². The maximum Gasteiger partial charge on any atom is 0.326 e. The first kappa shape index (κ1) is 15.9. The summed E-state index contributed by atoms with van der Waals surface area (Å²) in [5.74, 6) is -2.84. The largest absolute Gasteiger partial charge is 0.480 e. The van der Waals surface area contributed by atoms with Crippen LogP contribution in [0.5, 0.6) is 0 Å². The third-order valence-electron chi connectivity index (χ3n) is 3.57. The molecule has 0 spiro atoms. The molecule has 1 aromatic carbocycles. The van der Waals surface area contributed by atoms with Crippen molar-refractivity contribution in [1.82, 2.24) is 4.90 Å². The van der Waals surface area contributed by atoms with E-state index in [1.54, 1.807) is 0 Å². The monoisotopic (exact) mass is 308 g/mol. The van der Waals surface area contributed by atoms with Crippen LogP contribution in [-0.2, 0) is 9.59 Å². The minimum absolute atomic E-state index is 0.237. The summed E-state index contributed by atoms with van der Waals surface area (Å²) in [6.07, 6.45) is 1.76. The fourth-order valence-electron chi connectivity index (χ4n) is 2.56. The van der Waals surface area contributed by atoms with E-state index in [4.69, 9.17) is 0 Å². The van der Waals surface area contributed by atoms with Crippen LogP contribution in [0.4, 0.5) is 10.1 Å². The van der Waals surface area contributed by atoms with Gasteiger partial charge in [0.2, 0.25) is 5.91 Å². The number of amides is 2. The molecule has 0 unspecified atom stereocenters. The van der Waals surface area contributed by atoms with Crippen LogP contribution in [-0.4, -0.2) is 40.4 Å². The lowest BCUT2D eigenvalue weighted by Crippen LogP contribution is -2.48. The van der Waals surface area contributed by atoms with Crippen LogP contribution in [0, 0.1) is 5.82 Å². The van der Waals surface area contributed by atoms with Gasteiger partial charge in [0.1, 0.15) is 11.9 Å². The first-order valence-corrected chi connectivity index (χ1v) is 7.01. The molecule has 7 heteroatoms. The highest BCUT2D eigenvalue weighted by Gasteiger charge is 2.33. The number of hydrogen-bond donors (Lipinski definition) is 2. The third-order valence-corrected chi connectivity index (χ3v) is 3.57. The number of likely N-dealkylation sites (tertiary alicyclic amines) is 1. The summed E-state index contributed by atoms with van der Waals surface area (Å²) in [4.78, 5) is 36.0. The highest BCUT2D eigenvalue weighted by atomic mass is 19.1. The third kappa shape index (κ3) is 3.41. The van der Waals surface area contributed by atoms with Crippen LogP contribution in [0.3, 0.4) is 0 Å². The number of carboxylic acid groups (broad SMARTS) is 1. The molecule has 1 saturated heterocycles. The molecule has 0 aromatic heterocycles. The average Bonchev–Trinajstić information content (AvgIpc) is 2.48. The zero-order chi connectivity index (χ0) is 16.3. The van der Waals surface area contributed by atoms with Crippen molar-refractivity contribution < 1.29 is 23.9 Å². The van der Waals surface area contributed by atoms with E-state index in [9.17, 15) is 23.9 Å². The molecule has 22 heavy (non-hydrogen) atoms. The standard InChI is InChI=1S/C15H17FN2O4/c1-9(19)17-10-5-6-12(16)11(8-10)14(20)18-7-3-2-4-13(18)15(21)22/h5-6,8,13H,2-4,7H2,1H3,(H,17,19)(H,21,22)/t13-/m1/s1. The summed E-state index contributed by atoms with van der Waals surface area (Å²) in [6, 6.07) is 2.72. The molecule has 1 aliphatic heterocycles. The highest BCUT2D eigenvalue weighted by Crippen LogP contribution is 2.23. The Morgan fingerprint density at radius 2 is 2.05 bits per heavy atom. The Hall–Kier alpha value is -2.44. The summed E-state index contributed by atoms with van der Waals surface area (Å²) in [7, 11) is 0. The molecular weight excluding hydrogens is 291 g/mol. The quantitative estimate of drug-likeness (QED) is 0.892. The van der Waals surface area contributed by atoms with Gasteiger partial charge in [0.15, 0.2) is 0 Å². The molecule has 2 amide bonds. The van der Waals surface area contributed by atoms with Gasteiger partial charge in [0.05, 0.1) is 5.56 Å². The number of hydrogen-bond acceptors (Lipinski definition) is 3. The van der Waals surface area contributed by atoms with Gasteiger partial charge in [-0.15, -0.1) is 0 Å². The molecule has 118 valence electrons. The number of piperidine rings is 1. The normalized spacial score (nSPS) is 17.9. The lowest BCUT2D eigenvalue weighted by atomic mass is 10.0. The van der Waals surface area contributed by atoms with Crippen molar-refractivity contribution >= 4 is 23.5 Å². The van der Waals surface area contributed by atoms with Gasteiger partial charge in [-0.05, 0) is 37.5 Å². The summed E-state index contributed by atoms with van der Waals surface area (Å²) >= 11 is 0. The van der Waals surface area contributed by atoms with Crippen LogP contribution in [0.1, 0.15) is 36.5 Å². The Labute approximate surface area is 126 Å². The zero-order valence-electron chi connectivity index (χ0n) is 12.1. The first-order valence-electron chi connectivity index (χ1n) is 7.01. The molecule has 0 saturated carbocycles. The zero-order valence-corrected chi connectivity index (χ0v) is 12.1. The molecule has 0 aliphatic carbocycles. The summed E-state index contributed by atoms with van der Waals surface area (Å²) in [5, 5.41) is 11.7. The minimum atomic E-state index is -1.09. The van der Waals surface area contributed by atoms with Crippen molar-refractivity contribution in [3.05, 3.63) is 29.6 Å². The van der Waals surface area contributed by atoms with Gasteiger partial charge < -0.3 is 15.3 Å². The Balaban J connectivity index is 2.31. The van der Waals surface area contributed by atoms with E-state index in [1.165, 1.54) is 24.0 Å². The summed E-state index contributed by atoms with van der Waals surface area (Å²) < 4.78 is 13.9. The first-order chi connectivity index (χ1) is 10.4. The summed E-state index contributed by atoms with van der Waals surface area (Å²) in [5.41, 5.74) is 0.0561. The van der Waals surface area contributed by atoms with E-state index in [2.05, 4.69) is 5.32 Å². The molecule has 6 nitrogen and oxygen atoms in total. The smallest absolute Gasteiger partial charge is 0.326 e. The number of carbonyl (C=O) groups is 3. The molecule has 0 radical (unpaired) electrons. The number of anilines is 1. The van der Waals surface area contributed by atoms with E-state index in [0.29, 0.717) is 18.5 Å². The maximum absolute atomic E-state index is 13.9. The second-order valence-electron chi connectivity index (χ2n) is 5.22. The molecule has 0 bridgehead atoms. The SMILES string of the molecule is CC(=O)Nc1ccc(F)c(C(=O)N2CCCC[C@@H]2C(=O)O)c1. The Kier molecular flexibility index (Phi) is 4.75. The van der Waals surface area contributed by atoms with Gasteiger partial charge in [-0.25, -0.2) is 9.18 Å².